The van der Waals surface area contributed by atoms with Gasteiger partial charge < -0.3 is 16.8 Å². The van der Waals surface area contributed by atoms with E-state index in [1.807, 2.05) is 0 Å². The first kappa shape index (κ1) is 19.6. The molecule has 1 aliphatic carbocycles. The number of nitrogens with two attached hydrogens (primary N) is 2. The molecule has 26 heavy (non-hydrogen) atoms. The number of carbonyl (C=O) groups is 5. The summed E-state index contributed by atoms with van der Waals surface area (Å²) in [6.07, 6.45) is 6.42. The van der Waals surface area contributed by atoms with Gasteiger partial charge in [0.1, 0.15) is 12.0 Å². The number of unbranched alkanes of at least 4 members (excludes halogenated alkanes) is 2. The van der Waals surface area contributed by atoms with E-state index in [1.54, 1.807) is 0 Å². The van der Waals surface area contributed by atoms with E-state index in [9.17, 15) is 24.0 Å². The molecule has 5 amide bonds. The number of nitrogens with one attached hydrogen (secondary N) is 1. The normalized spacial score (nSPS) is 20.8. The molecule has 0 aromatic carbocycles. The van der Waals surface area contributed by atoms with Crippen LogP contribution < -0.4 is 16.8 Å². The third kappa shape index (κ3) is 3.92. The maximum atomic E-state index is 11.7. The first-order chi connectivity index (χ1) is 12.3. The third-order valence-electron chi connectivity index (χ3n) is 5.22. The Bertz CT molecular complexity index is 626. The van der Waals surface area contributed by atoms with Gasteiger partial charge in [-0.05, 0) is 31.6 Å². The van der Waals surface area contributed by atoms with Crippen LogP contribution in [0.3, 0.4) is 0 Å². The van der Waals surface area contributed by atoms with Crippen molar-refractivity contribution in [2.75, 3.05) is 13.1 Å². The lowest BCUT2D eigenvalue weighted by molar-refractivity contribution is -0.152. The van der Waals surface area contributed by atoms with Gasteiger partial charge in [0, 0.05) is 18.7 Å². The summed E-state index contributed by atoms with van der Waals surface area (Å²) >= 11 is 0. The Kier molecular flexibility index (Phi) is 6.12. The third-order valence-corrected chi connectivity index (χ3v) is 5.22. The van der Waals surface area contributed by atoms with Gasteiger partial charge in [-0.3, -0.25) is 28.9 Å². The number of rotatable bonds is 10. The van der Waals surface area contributed by atoms with Crippen LogP contribution in [-0.4, -0.2) is 47.5 Å². The van der Waals surface area contributed by atoms with Crippen LogP contribution in [0.5, 0.6) is 0 Å². The molecule has 1 atom stereocenters. The second-order valence-electron chi connectivity index (χ2n) is 6.73. The molecule has 1 fully saturated rings. The molecule has 1 aliphatic heterocycles. The predicted octanol–water partition coefficient (Wildman–Crippen LogP) is -1.04. The Hall–Kier alpha value is -2.71. The summed E-state index contributed by atoms with van der Waals surface area (Å²) < 4.78 is 0. The highest BCUT2D eigenvalue weighted by molar-refractivity contribution is 6.14. The van der Waals surface area contributed by atoms with Crippen molar-refractivity contribution in [3.05, 3.63) is 12.2 Å². The summed E-state index contributed by atoms with van der Waals surface area (Å²) in [5.41, 5.74) is 9.51. The minimum atomic E-state index is -1.20. The zero-order valence-electron chi connectivity index (χ0n) is 14.5. The summed E-state index contributed by atoms with van der Waals surface area (Å²) in [5.74, 6) is -2.76. The van der Waals surface area contributed by atoms with Crippen molar-refractivity contribution in [3.63, 3.8) is 0 Å². The number of carbonyl (C=O) groups excluding carboxylic acids is 5. The van der Waals surface area contributed by atoms with E-state index < -0.39 is 35.0 Å². The fourth-order valence-corrected chi connectivity index (χ4v) is 3.50. The molecule has 5 N–H and O–H groups in total. The van der Waals surface area contributed by atoms with Crippen LogP contribution in [0.2, 0.25) is 0 Å². The van der Waals surface area contributed by atoms with Gasteiger partial charge in [-0.15, -0.1) is 0 Å². The topological polar surface area (TPSA) is 153 Å². The molecular weight excluding hydrogens is 340 g/mol. The Morgan fingerprint density at radius 1 is 1.08 bits per heavy atom. The fraction of sp³-hybridized carbons (Fsp3) is 0.588. The zero-order chi connectivity index (χ0) is 19.3. The second-order valence-corrected chi connectivity index (χ2v) is 6.73. The number of hydrogen-bond acceptors (Lipinski definition) is 5. The molecule has 2 aliphatic rings. The van der Waals surface area contributed by atoms with E-state index in [0.29, 0.717) is 25.8 Å². The molecule has 9 heteroatoms. The first-order valence-corrected chi connectivity index (χ1v) is 8.69. The molecular formula is C17H24N4O5. The average Bonchev–Trinajstić information content (AvgIpc) is 2.84. The van der Waals surface area contributed by atoms with Crippen LogP contribution in [0.25, 0.3) is 0 Å². The maximum Gasteiger partial charge on any atom is 0.254 e. The zero-order valence-corrected chi connectivity index (χ0v) is 14.5. The molecule has 1 heterocycles. The number of hydrogen-bond donors (Lipinski definition) is 3. The monoisotopic (exact) mass is 364 g/mol. The summed E-state index contributed by atoms with van der Waals surface area (Å²) in [6, 6.07) is 0. The fourth-order valence-electron chi connectivity index (χ4n) is 3.50. The van der Waals surface area contributed by atoms with Crippen LogP contribution >= 0.6 is 0 Å². The molecule has 2 rings (SSSR count). The molecule has 142 valence electrons. The van der Waals surface area contributed by atoms with Gasteiger partial charge in [-0.1, -0.05) is 12.8 Å². The van der Waals surface area contributed by atoms with E-state index in [1.165, 1.54) is 0 Å². The lowest BCUT2D eigenvalue weighted by Crippen LogP contribution is -2.58. The molecule has 0 saturated heterocycles. The summed E-state index contributed by atoms with van der Waals surface area (Å²) in [4.78, 5) is 58.5. The van der Waals surface area contributed by atoms with Crippen LogP contribution in [0.15, 0.2) is 12.2 Å². The van der Waals surface area contributed by atoms with Crippen molar-refractivity contribution in [3.8, 4) is 0 Å². The van der Waals surface area contributed by atoms with Gasteiger partial charge in [0.05, 0.1) is 0 Å². The van der Waals surface area contributed by atoms with Crippen LogP contribution in [0, 0.1) is 11.3 Å². The lowest BCUT2D eigenvalue weighted by atomic mass is 9.57. The van der Waals surface area contributed by atoms with Gasteiger partial charge in [0.2, 0.25) is 17.7 Å². The molecule has 1 unspecified atom stereocenters. The van der Waals surface area contributed by atoms with Crippen molar-refractivity contribution >= 4 is 29.5 Å². The molecule has 9 nitrogen and oxygen atoms in total. The van der Waals surface area contributed by atoms with Crippen LogP contribution in [0.4, 0.5) is 0 Å². The smallest absolute Gasteiger partial charge is 0.254 e. The summed E-state index contributed by atoms with van der Waals surface area (Å²) in [5, 5.41) is 2.66. The van der Waals surface area contributed by atoms with E-state index >= 15 is 0 Å². The SMILES string of the molecule is NC(=O)C1(C(N)=O)CCC1CCCCCNC(=O)CN1C(=O)C=CC1=O. The van der Waals surface area contributed by atoms with E-state index in [0.717, 1.165) is 36.3 Å². The van der Waals surface area contributed by atoms with Gasteiger partial charge in [-0.2, -0.15) is 0 Å². The quantitative estimate of drug-likeness (QED) is 0.257. The average molecular weight is 364 g/mol. The van der Waals surface area contributed by atoms with Crippen molar-refractivity contribution in [2.45, 2.75) is 38.5 Å². The van der Waals surface area contributed by atoms with E-state index in [-0.39, 0.29) is 12.5 Å². The van der Waals surface area contributed by atoms with Crippen LogP contribution in [0.1, 0.15) is 38.5 Å². The van der Waals surface area contributed by atoms with Crippen molar-refractivity contribution in [1.82, 2.24) is 10.2 Å². The van der Waals surface area contributed by atoms with E-state index in [2.05, 4.69) is 5.32 Å². The highest BCUT2D eigenvalue weighted by atomic mass is 16.2. The molecule has 1 saturated carbocycles. The molecule has 0 aromatic rings. The van der Waals surface area contributed by atoms with E-state index in [4.69, 9.17) is 11.5 Å². The summed E-state index contributed by atoms with van der Waals surface area (Å²) in [7, 11) is 0. The molecule has 0 bridgehead atoms. The Balaban J connectivity index is 1.60. The molecule has 0 radical (unpaired) electrons. The number of imide groups is 1. The van der Waals surface area contributed by atoms with Crippen LogP contribution in [-0.2, 0) is 24.0 Å². The maximum absolute atomic E-state index is 11.7. The van der Waals surface area contributed by atoms with Gasteiger partial charge in [0.25, 0.3) is 11.8 Å². The van der Waals surface area contributed by atoms with Gasteiger partial charge >= 0.3 is 0 Å². The number of amides is 5. The van der Waals surface area contributed by atoms with Crippen molar-refractivity contribution in [1.29, 1.82) is 0 Å². The largest absolute Gasteiger partial charge is 0.369 e. The van der Waals surface area contributed by atoms with Crippen molar-refractivity contribution < 1.29 is 24.0 Å². The highest BCUT2D eigenvalue weighted by Crippen LogP contribution is 2.49. The summed E-state index contributed by atoms with van der Waals surface area (Å²) in [6.45, 7) is 0.135. The molecule has 0 aromatic heterocycles. The predicted molar refractivity (Wildman–Crippen MR) is 90.9 cm³/mol. The highest BCUT2D eigenvalue weighted by Gasteiger charge is 2.55. The minimum absolute atomic E-state index is 0.105. The standard InChI is InChI=1S/C17H24N4O5/c18-15(25)17(16(19)26)8-7-11(17)4-2-1-3-9-20-12(22)10-21-13(23)5-6-14(21)24/h5-6,11H,1-4,7-10H2,(H2,18,25)(H2,19,26)(H,20,22). The molecule has 0 spiro atoms. The Labute approximate surface area is 151 Å². The second kappa shape index (κ2) is 8.11. The van der Waals surface area contributed by atoms with Crippen molar-refractivity contribution in [2.24, 2.45) is 22.8 Å². The lowest BCUT2D eigenvalue weighted by Gasteiger charge is -2.44. The Morgan fingerprint density at radius 3 is 2.19 bits per heavy atom. The number of primary amides is 2. The Morgan fingerprint density at radius 2 is 1.69 bits per heavy atom. The van der Waals surface area contributed by atoms with Gasteiger partial charge in [0.15, 0.2) is 0 Å². The van der Waals surface area contributed by atoms with Gasteiger partial charge in [-0.25, -0.2) is 0 Å². The minimum Gasteiger partial charge on any atom is -0.369 e. The number of nitrogens with zero attached hydrogens (tertiary/aromatic N) is 1. The first-order valence-electron chi connectivity index (χ1n) is 8.69.